The molecule has 1 aromatic rings. The molecule has 0 heterocycles. The third kappa shape index (κ3) is 5.35. The van der Waals surface area contributed by atoms with Gasteiger partial charge in [-0.1, -0.05) is 0 Å². The van der Waals surface area contributed by atoms with Crippen LogP contribution in [0.4, 0.5) is 0 Å². The summed E-state index contributed by atoms with van der Waals surface area (Å²) in [5, 5.41) is 18.0. The minimum absolute atomic E-state index is 0.119. The van der Waals surface area contributed by atoms with Crippen molar-refractivity contribution in [1.82, 2.24) is 0 Å². The molecule has 0 fully saturated rings. The quantitative estimate of drug-likeness (QED) is 0.741. The molecule has 0 saturated heterocycles. The fourth-order valence-corrected chi connectivity index (χ4v) is 1.83. The number of hydrogen-bond donors (Lipinski definition) is 1. The molecular weight excluding hydrogens is 270 g/mol. The van der Waals surface area contributed by atoms with Gasteiger partial charge in [0, 0.05) is 6.07 Å². The van der Waals surface area contributed by atoms with Crippen molar-refractivity contribution in [2.45, 2.75) is 33.1 Å². The zero-order valence-corrected chi connectivity index (χ0v) is 12.7. The van der Waals surface area contributed by atoms with Crippen LogP contribution in [0, 0.1) is 16.7 Å². The van der Waals surface area contributed by atoms with E-state index < -0.39 is 5.97 Å². The van der Waals surface area contributed by atoms with E-state index >= 15 is 0 Å². The second kappa shape index (κ2) is 7.53. The summed E-state index contributed by atoms with van der Waals surface area (Å²) in [6.45, 7) is 4.21. The Balaban J connectivity index is 2.55. The number of hydrogen-bond acceptors (Lipinski definition) is 4. The van der Waals surface area contributed by atoms with Crippen LogP contribution in [0.25, 0.3) is 0 Å². The number of unbranched alkanes of at least 4 members (excludes halogenated alkanes) is 1. The molecule has 5 heteroatoms. The molecule has 0 saturated carbocycles. The highest BCUT2D eigenvalue weighted by Crippen LogP contribution is 2.26. The van der Waals surface area contributed by atoms with Crippen LogP contribution in [-0.4, -0.2) is 24.8 Å². The standard InChI is InChI=1S/C16H21NO4/c1-16(2,11-17)8-4-5-9-21-14-10-12(20-3)6-7-13(14)15(18)19/h6-7,10H,4-5,8-9H2,1-3H3,(H,18,19). The van der Waals surface area contributed by atoms with Crippen molar-refractivity contribution < 1.29 is 19.4 Å². The molecule has 0 unspecified atom stereocenters. The van der Waals surface area contributed by atoms with Gasteiger partial charge >= 0.3 is 5.97 Å². The van der Waals surface area contributed by atoms with Crippen molar-refractivity contribution in [2.24, 2.45) is 5.41 Å². The third-order valence-corrected chi connectivity index (χ3v) is 3.18. The van der Waals surface area contributed by atoms with E-state index in [1.807, 2.05) is 13.8 Å². The first kappa shape index (κ1) is 16.8. The summed E-state index contributed by atoms with van der Waals surface area (Å²) in [4.78, 5) is 11.1. The van der Waals surface area contributed by atoms with Gasteiger partial charge in [-0.3, -0.25) is 0 Å². The van der Waals surface area contributed by atoms with Crippen LogP contribution in [0.1, 0.15) is 43.5 Å². The molecule has 0 radical (unpaired) electrons. The maximum absolute atomic E-state index is 11.1. The molecule has 1 N–H and O–H groups in total. The van der Waals surface area contributed by atoms with Gasteiger partial charge in [0.2, 0.25) is 0 Å². The van der Waals surface area contributed by atoms with Gasteiger partial charge in [-0.15, -0.1) is 0 Å². The Morgan fingerprint density at radius 2 is 2.10 bits per heavy atom. The summed E-state index contributed by atoms with van der Waals surface area (Å²) in [6, 6.07) is 6.88. The van der Waals surface area contributed by atoms with E-state index in [9.17, 15) is 4.79 Å². The summed E-state index contributed by atoms with van der Waals surface area (Å²) in [7, 11) is 1.52. The van der Waals surface area contributed by atoms with Gasteiger partial charge in [-0.2, -0.15) is 5.26 Å². The van der Waals surface area contributed by atoms with Crippen LogP contribution in [0.3, 0.4) is 0 Å². The largest absolute Gasteiger partial charge is 0.497 e. The molecule has 0 aliphatic rings. The van der Waals surface area contributed by atoms with Crippen LogP contribution in [0.5, 0.6) is 11.5 Å². The molecular formula is C16H21NO4. The number of nitrogens with zero attached hydrogens (tertiary/aromatic N) is 1. The zero-order valence-electron chi connectivity index (χ0n) is 12.7. The van der Waals surface area contributed by atoms with Crippen LogP contribution in [0.15, 0.2) is 18.2 Å². The molecule has 0 bridgehead atoms. The van der Waals surface area contributed by atoms with Crippen molar-refractivity contribution in [3.63, 3.8) is 0 Å². The highest BCUT2D eigenvalue weighted by Gasteiger charge is 2.16. The highest BCUT2D eigenvalue weighted by atomic mass is 16.5. The molecule has 0 aliphatic carbocycles. The van der Waals surface area contributed by atoms with Crippen LogP contribution >= 0.6 is 0 Å². The first-order valence-corrected chi connectivity index (χ1v) is 6.85. The van der Waals surface area contributed by atoms with E-state index in [0.29, 0.717) is 18.1 Å². The Kier molecular flexibility index (Phi) is 6.04. The number of nitriles is 1. The molecule has 114 valence electrons. The number of aromatic carboxylic acids is 1. The second-order valence-corrected chi connectivity index (χ2v) is 5.47. The van der Waals surface area contributed by atoms with Gasteiger partial charge in [0.25, 0.3) is 0 Å². The number of benzene rings is 1. The first-order chi connectivity index (χ1) is 9.89. The van der Waals surface area contributed by atoms with Crippen molar-refractivity contribution in [3.05, 3.63) is 23.8 Å². The Morgan fingerprint density at radius 3 is 2.67 bits per heavy atom. The lowest BCUT2D eigenvalue weighted by molar-refractivity contribution is 0.0692. The number of carboxylic acid groups (broad SMARTS) is 1. The van der Waals surface area contributed by atoms with E-state index in [-0.39, 0.29) is 11.0 Å². The van der Waals surface area contributed by atoms with E-state index in [4.69, 9.17) is 19.8 Å². The van der Waals surface area contributed by atoms with Gasteiger partial charge < -0.3 is 14.6 Å². The van der Waals surface area contributed by atoms with E-state index in [0.717, 1.165) is 19.3 Å². The summed E-state index contributed by atoms with van der Waals surface area (Å²) in [5.41, 5.74) is -0.212. The lowest BCUT2D eigenvalue weighted by Crippen LogP contribution is -2.09. The van der Waals surface area contributed by atoms with Crippen LogP contribution in [-0.2, 0) is 0 Å². The molecule has 0 amide bonds. The molecule has 0 spiro atoms. The van der Waals surface area contributed by atoms with E-state index in [1.165, 1.54) is 13.2 Å². The van der Waals surface area contributed by atoms with E-state index in [1.54, 1.807) is 12.1 Å². The van der Waals surface area contributed by atoms with Crippen molar-refractivity contribution in [1.29, 1.82) is 5.26 Å². The normalized spacial score (nSPS) is 10.8. The van der Waals surface area contributed by atoms with Crippen molar-refractivity contribution in [3.8, 4) is 17.6 Å². The maximum Gasteiger partial charge on any atom is 0.339 e. The topological polar surface area (TPSA) is 79.6 Å². The summed E-state index contributed by atoms with van der Waals surface area (Å²) in [5.74, 6) is -0.166. The summed E-state index contributed by atoms with van der Waals surface area (Å²) < 4.78 is 10.6. The van der Waals surface area contributed by atoms with Gasteiger partial charge in [0.05, 0.1) is 25.2 Å². The Hall–Kier alpha value is -2.22. The van der Waals surface area contributed by atoms with Gasteiger partial charge in [-0.05, 0) is 45.2 Å². The summed E-state index contributed by atoms with van der Waals surface area (Å²) >= 11 is 0. The van der Waals surface area contributed by atoms with Gasteiger partial charge in [0.15, 0.2) is 0 Å². The van der Waals surface area contributed by atoms with Crippen molar-refractivity contribution in [2.75, 3.05) is 13.7 Å². The highest BCUT2D eigenvalue weighted by molar-refractivity contribution is 5.91. The minimum atomic E-state index is -1.03. The Labute approximate surface area is 125 Å². The van der Waals surface area contributed by atoms with Gasteiger partial charge in [0.1, 0.15) is 17.1 Å². The minimum Gasteiger partial charge on any atom is -0.497 e. The summed E-state index contributed by atoms with van der Waals surface area (Å²) in [6.07, 6.45) is 2.41. The zero-order chi connectivity index (χ0) is 15.9. The fourth-order valence-electron chi connectivity index (χ4n) is 1.83. The average Bonchev–Trinajstić information content (AvgIpc) is 2.46. The molecule has 5 nitrogen and oxygen atoms in total. The SMILES string of the molecule is COc1ccc(C(=O)O)c(OCCCCC(C)(C)C#N)c1. The van der Waals surface area contributed by atoms with E-state index in [2.05, 4.69) is 6.07 Å². The lowest BCUT2D eigenvalue weighted by Gasteiger charge is -2.15. The smallest absolute Gasteiger partial charge is 0.339 e. The Morgan fingerprint density at radius 1 is 1.38 bits per heavy atom. The predicted octanol–water partition coefficient (Wildman–Crippen LogP) is 3.49. The predicted molar refractivity (Wildman–Crippen MR) is 78.7 cm³/mol. The van der Waals surface area contributed by atoms with Crippen LogP contribution in [0.2, 0.25) is 0 Å². The fraction of sp³-hybridized carbons (Fsp3) is 0.500. The Bertz CT molecular complexity index is 532. The third-order valence-electron chi connectivity index (χ3n) is 3.18. The van der Waals surface area contributed by atoms with Gasteiger partial charge in [-0.25, -0.2) is 4.79 Å². The number of ether oxygens (including phenoxy) is 2. The lowest BCUT2D eigenvalue weighted by atomic mass is 9.89. The van der Waals surface area contributed by atoms with Crippen LogP contribution < -0.4 is 9.47 Å². The molecule has 0 aliphatic heterocycles. The second-order valence-electron chi connectivity index (χ2n) is 5.47. The molecule has 0 aromatic heterocycles. The molecule has 1 aromatic carbocycles. The molecule has 0 atom stereocenters. The maximum atomic E-state index is 11.1. The van der Waals surface area contributed by atoms with Crippen molar-refractivity contribution >= 4 is 5.97 Å². The number of carbonyl (C=O) groups is 1. The number of methoxy groups -OCH3 is 1. The first-order valence-electron chi connectivity index (χ1n) is 6.85. The molecule has 21 heavy (non-hydrogen) atoms. The monoisotopic (exact) mass is 291 g/mol. The number of rotatable bonds is 8. The molecule has 1 rings (SSSR count). The number of carboxylic acids is 1. The average molecular weight is 291 g/mol.